The number of anilines is 2. The Morgan fingerprint density at radius 3 is 2.43 bits per heavy atom. The number of non-ortho nitro benzene ring substituents is 1. The summed E-state index contributed by atoms with van der Waals surface area (Å²) < 4.78 is 19.9. The number of nitrogens with zero attached hydrogens (tertiary/aromatic N) is 4. The van der Waals surface area contributed by atoms with E-state index in [1.54, 1.807) is 30.2 Å². The zero-order valence-electron chi connectivity index (χ0n) is 19.9. The number of hydrogen-bond donors (Lipinski definition) is 0. The highest BCUT2D eigenvalue weighted by Gasteiger charge is 2.32. The normalized spacial score (nSPS) is 18.1. The van der Waals surface area contributed by atoms with Crippen molar-refractivity contribution in [1.29, 1.82) is 0 Å². The Balaban J connectivity index is 1.54. The molecule has 1 atom stereocenters. The topological polar surface area (TPSA) is 96.2 Å². The van der Waals surface area contributed by atoms with E-state index in [0.717, 1.165) is 19.4 Å². The molecule has 0 N–H and O–H groups in total. The van der Waals surface area contributed by atoms with Crippen molar-refractivity contribution in [3.05, 3.63) is 63.5 Å². The van der Waals surface area contributed by atoms with Gasteiger partial charge in [-0.1, -0.05) is 0 Å². The smallest absolute Gasteiger partial charge is 0.270 e. The van der Waals surface area contributed by atoms with Gasteiger partial charge in [-0.3, -0.25) is 19.7 Å². The van der Waals surface area contributed by atoms with E-state index in [0.29, 0.717) is 55.3 Å². The van der Waals surface area contributed by atoms with Gasteiger partial charge in [0.1, 0.15) is 5.82 Å². The number of ketones is 1. The van der Waals surface area contributed by atoms with E-state index in [1.807, 2.05) is 4.90 Å². The highest BCUT2D eigenvalue weighted by atomic mass is 19.1. The first-order chi connectivity index (χ1) is 16.8. The second kappa shape index (κ2) is 10.4. The summed E-state index contributed by atoms with van der Waals surface area (Å²) in [7, 11) is 1.63. The van der Waals surface area contributed by atoms with Crippen molar-refractivity contribution in [2.75, 3.05) is 56.2 Å². The lowest BCUT2D eigenvalue weighted by Crippen LogP contribution is -2.49. The first-order valence-corrected chi connectivity index (χ1v) is 11.7. The van der Waals surface area contributed by atoms with Crippen LogP contribution in [0.3, 0.4) is 0 Å². The lowest BCUT2D eigenvalue weighted by Gasteiger charge is -2.37. The van der Waals surface area contributed by atoms with Gasteiger partial charge in [0.05, 0.1) is 34.5 Å². The fourth-order valence-corrected chi connectivity index (χ4v) is 4.88. The number of Topliss-reactive ketones (excluding diaryl/α,β-unsaturated/α-hetero) is 1. The summed E-state index contributed by atoms with van der Waals surface area (Å²) in [6.07, 6.45) is 1.87. The van der Waals surface area contributed by atoms with Crippen molar-refractivity contribution in [3.8, 4) is 0 Å². The summed E-state index contributed by atoms with van der Waals surface area (Å²) in [5.41, 5.74) is 1.54. The minimum Gasteiger partial charge on any atom is -0.383 e. The number of benzene rings is 2. The van der Waals surface area contributed by atoms with Gasteiger partial charge >= 0.3 is 0 Å². The first kappa shape index (κ1) is 24.6. The molecule has 0 bridgehead atoms. The number of carbonyl (C=O) groups is 2. The van der Waals surface area contributed by atoms with Crippen LogP contribution in [0.4, 0.5) is 21.5 Å². The molecule has 2 aromatic carbocycles. The van der Waals surface area contributed by atoms with E-state index >= 15 is 0 Å². The first-order valence-electron chi connectivity index (χ1n) is 11.7. The van der Waals surface area contributed by atoms with Crippen LogP contribution in [0.15, 0.2) is 36.4 Å². The molecule has 0 unspecified atom stereocenters. The number of carbonyl (C=O) groups excluding carboxylic acids is 2. The minimum atomic E-state index is -0.497. The lowest BCUT2D eigenvalue weighted by atomic mass is 10.1. The van der Waals surface area contributed by atoms with Crippen molar-refractivity contribution in [2.24, 2.45) is 0 Å². The van der Waals surface area contributed by atoms with Gasteiger partial charge in [-0.25, -0.2) is 4.39 Å². The maximum Gasteiger partial charge on any atom is 0.270 e. The van der Waals surface area contributed by atoms with Crippen LogP contribution in [0, 0.1) is 15.9 Å². The summed E-state index contributed by atoms with van der Waals surface area (Å²) in [5.74, 6) is -0.958. The number of methoxy groups -OCH3 is 1. The second-order valence-electron chi connectivity index (χ2n) is 8.90. The van der Waals surface area contributed by atoms with Crippen molar-refractivity contribution in [2.45, 2.75) is 25.8 Å². The van der Waals surface area contributed by atoms with Gasteiger partial charge in [-0.05, 0) is 44.0 Å². The van der Waals surface area contributed by atoms with Gasteiger partial charge in [0.25, 0.3) is 11.6 Å². The number of nitro benzene ring substituents is 1. The predicted octanol–water partition coefficient (Wildman–Crippen LogP) is 3.51. The third-order valence-electron chi connectivity index (χ3n) is 6.73. The van der Waals surface area contributed by atoms with Crippen LogP contribution in [-0.4, -0.2) is 74.0 Å². The third-order valence-corrected chi connectivity index (χ3v) is 6.73. The van der Waals surface area contributed by atoms with Gasteiger partial charge < -0.3 is 19.4 Å². The van der Waals surface area contributed by atoms with Gasteiger partial charge in [0, 0.05) is 57.5 Å². The van der Waals surface area contributed by atoms with E-state index in [4.69, 9.17) is 4.74 Å². The molecular formula is C25H29FN4O5. The maximum atomic E-state index is 14.6. The third kappa shape index (κ3) is 5.12. The molecule has 2 saturated heterocycles. The summed E-state index contributed by atoms with van der Waals surface area (Å²) in [4.78, 5) is 41.6. The molecule has 0 spiro atoms. The van der Waals surface area contributed by atoms with Crippen LogP contribution in [0.2, 0.25) is 0 Å². The standard InChI is InChI=1S/C25H29FN4O5/c1-17(31)18-5-7-24(22(26)14-18)27-10-12-28(13-11-27)25(32)21-15-19(30(33)34)6-8-23(21)29-9-3-4-20(29)16-35-2/h5-8,14-15,20H,3-4,9-13,16H2,1-2H3/t20-/m0/s1. The number of amides is 1. The molecule has 0 aromatic heterocycles. The van der Waals surface area contributed by atoms with E-state index < -0.39 is 10.7 Å². The SMILES string of the molecule is COC[C@@H]1CCCN1c1ccc([N+](=O)[O-])cc1C(=O)N1CCN(c2ccc(C(C)=O)cc2F)CC1. The molecule has 0 aliphatic carbocycles. The number of halogens is 1. The van der Waals surface area contributed by atoms with Gasteiger partial charge in [-0.15, -0.1) is 0 Å². The van der Waals surface area contributed by atoms with Crippen LogP contribution in [0.5, 0.6) is 0 Å². The highest BCUT2D eigenvalue weighted by molar-refractivity contribution is 6.01. The molecule has 2 aliphatic rings. The Kier molecular flexibility index (Phi) is 7.30. The number of nitro groups is 1. The van der Waals surface area contributed by atoms with Crippen LogP contribution in [-0.2, 0) is 4.74 Å². The molecule has 2 aromatic rings. The number of piperazine rings is 1. The van der Waals surface area contributed by atoms with E-state index in [2.05, 4.69) is 4.90 Å². The van der Waals surface area contributed by atoms with Gasteiger partial charge in [0.2, 0.25) is 0 Å². The summed E-state index contributed by atoms with van der Waals surface area (Å²) in [5, 5.41) is 11.4. The van der Waals surface area contributed by atoms with E-state index in [-0.39, 0.29) is 23.4 Å². The average Bonchev–Trinajstić information content (AvgIpc) is 3.31. The Morgan fingerprint density at radius 2 is 1.80 bits per heavy atom. The van der Waals surface area contributed by atoms with Crippen LogP contribution >= 0.6 is 0 Å². The molecule has 10 heteroatoms. The Labute approximate surface area is 203 Å². The summed E-state index contributed by atoms with van der Waals surface area (Å²) in [6.45, 7) is 4.14. The zero-order valence-corrected chi connectivity index (χ0v) is 19.9. The molecule has 0 saturated carbocycles. The second-order valence-corrected chi connectivity index (χ2v) is 8.90. The number of hydrogen-bond acceptors (Lipinski definition) is 7. The fourth-order valence-electron chi connectivity index (χ4n) is 4.88. The molecular weight excluding hydrogens is 455 g/mol. The molecule has 2 heterocycles. The van der Waals surface area contributed by atoms with Gasteiger partial charge in [-0.2, -0.15) is 0 Å². The van der Waals surface area contributed by atoms with Crippen LogP contribution in [0.25, 0.3) is 0 Å². The lowest BCUT2D eigenvalue weighted by molar-refractivity contribution is -0.384. The van der Waals surface area contributed by atoms with Gasteiger partial charge in [0.15, 0.2) is 5.78 Å². The number of ether oxygens (including phenoxy) is 1. The summed E-state index contributed by atoms with van der Waals surface area (Å²) in [6, 6.07) is 8.96. The maximum absolute atomic E-state index is 14.6. The molecule has 0 radical (unpaired) electrons. The number of rotatable bonds is 7. The molecule has 9 nitrogen and oxygen atoms in total. The molecule has 1 amide bonds. The zero-order chi connectivity index (χ0) is 25.1. The average molecular weight is 485 g/mol. The minimum absolute atomic E-state index is 0.103. The molecule has 2 aliphatic heterocycles. The molecule has 186 valence electrons. The highest BCUT2D eigenvalue weighted by Crippen LogP contribution is 2.33. The summed E-state index contributed by atoms with van der Waals surface area (Å²) >= 11 is 0. The molecule has 4 rings (SSSR count). The fraction of sp³-hybridized carbons (Fsp3) is 0.440. The van der Waals surface area contributed by atoms with E-state index in [1.165, 1.54) is 25.1 Å². The van der Waals surface area contributed by atoms with Crippen molar-refractivity contribution >= 4 is 28.8 Å². The van der Waals surface area contributed by atoms with E-state index in [9.17, 15) is 24.1 Å². The predicted molar refractivity (Wildman–Crippen MR) is 130 cm³/mol. The molecule has 35 heavy (non-hydrogen) atoms. The van der Waals surface area contributed by atoms with Crippen molar-refractivity contribution in [3.63, 3.8) is 0 Å². The Hall–Kier alpha value is -3.53. The monoisotopic (exact) mass is 484 g/mol. The Morgan fingerprint density at radius 1 is 1.09 bits per heavy atom. The van der Waals surface area contributed by atoms with Crippen LogP contribution < -0.4 is 9.80 Å². The van der Waals surface area contributed by atoms with Crippen molar-refractivity contribution in [1.82, 2.24) is 4.90 Å². The Bertz CT molecular complexity index is 1130. The van der Waals surface area contributed by atoms with Crippen molar-refractivity contribution < 1.29 is 23.6 Å². The quantitative estimate of drug-likeness (QED) is 0.337. The van der Waals surface area contributed by atoms with Crippen LogP contribution in [0.1, 0.15) is 40.5 Å². The molecule has 2 fully saturated rings. The largest absolute Gasteiger partial charge is 0.383 e.